The third-order valence-corrected chi connectivity index (χ3v) is 3.82. The summed E-state index contributed by atoms with van der Waals surface area (Å²) < 4.78 is 5.35. The molecule has 2 heteroatoms. The summed E-state index contributed by atoms with van der Waals surface area (Å²) in [5.41, 5.74) is 5.03. The van der Waals surface area contributed by atoms with Gasteiger partial charge in [-0.2, -0.15) is 0 Å². The minimum absolute atomic E-state index is 0.0578. The molecule has 0 saturated heterocycles. The van der Waals surface area contributed by atoms with Gasteiger partial charge in [0.25, 0.3) is 0 Å². The Labute approximate surface area is 136 Å². The van der Waals surface area contributed by atoms with Gasteiger partial charge in [-0.15, -0.1) is 0 Å². The number of aryl methyl sites for hydroxylation is 2. The van der Waals surface area contributed by atoms with Crippen molar-refractivity contribution in [3.05, 3.63) is 34.4 Å². The smallest absolute Gasteiger partial charge is 0.306 e. The predicted molar refractivity (Wildman–Crippen MR) is 93.3 cm³/mol. The number of carbonyl (C=O) groups excluding carboxylic acids is 1. The van der Waals surface area contributed by atoms with Crippen molar-refractivity contribution >= 4 is 5.97 Å². The van der Waals surface area contributed by atoms with Gasteiger partial charge in [0.2, 0.25) is 0 Å². The summed E-state index contributed by atoms with van der Waals surface area (Å²) in [5.74, 6) is 0.480. The Balaban J connectivity index is 3.19. The molecule has 0 atom stereocenters. The van der Waals surface area contributed by atoms with Gasteiger partial charge < -0.3 is 4.74 Å². The first kappa shape index (κ1) is 18.7. The SMILES string of the molecule is Cc1cc(C)c(C(C)(C)CC(=O)OC(C)C)c(CC(C)C)c1. The fourth-order valence-corrected chi connectivity index (χ4v) is 3.38. The van der Waals surface area contributed by atoms with Crippen molar-refractivity contribution in [3.63, 3.8) is 0 Å². The summed E-state index contributed by atoms with van der Waals surface area (Å²) in [4.78, 5) is 12.1. The molecular formula is C20H32O2. The highest BCUT2D eigenvalue weighted by Gasteiger charge is 2.29. The normalized spacial score (nSPS) is 12.1. The Morgan fingerprint density at radius 3 is 2.23 bits per heavy atom. The Morgan fingerprint density at radius 2 is 1.73 bits per heavy atom. The van der Waals surface area contributed by atoms with Crippen LogP contribution >= 0.6 is 0 Å². The third kappa shape index (κ3) is 5.15. The first-order chi connectivity index (χ1) is 10.0. The molecule has 124 valence electrons. The molecule has 0 N–H and O–H groups in total. The highest BCUT2D eigenvalue weighted by atomic mass is 16.5. The van der Waals surface area contributed by atoms with E-state index in [4.69, 9.17) is 4.74 Å². The molecule has 0 aliphatic rings. The van der Waals surface area contributed by atoms with Crippen molar-refractivity contribution in [1.82, 2.24) is 0 Å². The third-order valence-electron chi connectivity index (χ3n) is 3.82. The topological polar surface area (TPSA) is 26.3 Å². The van der Waals surface area contributed by atoms with E-state index in [2.05, 4.69) is 53.7 Å². The van der Waals surface area contributed by atoms with Gasteiger partial charge in [-0.05, 0) is 56.7 Å². The van der Waals surface area contributed by atoms with Crippen LogP contribution in [0, 0.1) is 19.8 Å². The monoisotopic (exact) mass is 304 g/mol. The number of hydrogen-bond donors (Lipinski definition) is 0. The summed E-state index contributed by atoms with van der Waals surface area (Å²) in [6.07, 6.45) is 1.40. The Hall–Kier alpha value is -1.31. The second-order valence-electron chi connectivity index (χ2n) is 7.81. The van der Waals surface area contributed by atoms with Crippen LogP contribution in [0.3, 0.4) is 0 Å². The number of benzene rings is 1. The molecule has 0 saturated carbocycles. The zero-order valence-electron chi connectivity index (χ0n) is 15.5. The van der Waals surface area contributed by atoms with Crippen molar-refractivity contribution in [1.29, 1.82) is 0 Å². The van der Waals surface area contributed by atoms with Crippen LogP contribution in [0.4, 0.5) is 0 Å². The van der Waals surface area contributed by atoms with Crippen LogP contribution in [0.1, 0.15) is 70.2 Å². The molecule has 0 heterocycles. The second-order valence-corrected chi connectivity index (χ2v) is 7.81. The lowest BCUT2D eigenvalue weighted by atomic mass is 9.75. The van der Waals surface area contributed by atoms with Crippen LogP contribution < -0.4 is 0 Å². The zero-order valence-corrected chi connectivity index (χ0v) is 15.5. The highest BCUT2D eigenvalue weighted by molar-refractivity contribution is 5.72. The van der Waals surface area contributed by atoms with Gasteiger partial charge in [0.05, 0.1) is 12.5 Å². The Bertz CT molecular complexity index is 525. The summed E-state index contributed by atoms with van der Waals surface area (Å²) in [6, 6.07) is 4.49. The minimum Gasteiger partial charge on any atom is -0.463 e. The second kappa shape index (κ2) is 7.30. The van der Waals surface area contributed by atoms with Gasteiger partial charge in [-0.3, -0.25) is 4.79 Å². The van der Waals surface area contributed by atoms with E-state index < -0.39 is 0 Å². The molecular weight excluding hydrogens is 272 g/mol. The zero-order chi connectivity index (χ0) is 17.1. The lowest BCUT2D eigenvalue weighted by Gasteiger charge is -2.30. The number of carbonyl (C=O) groups is 1. The van der Waals surface area contributed by atoms with Crippen molar-refractivity contribution < 1.29 is 9.53 Å². The molecule has 0 radical (unpaired) electrons. The predicted octanol–water partition coefficient (Wildman–Crippen LogP) is 5.12. The average Bonchev–Trinajstić information content (AvgIpc) is 2.22. The van der Waals surface area contributed by atoms with Crippen LogP contribution in [0.25, 0.3) is 0 Å². The van der Waals surface area contributed by atoms with Gasteiger partial charge in [0.15, 0.2) is 0 Å². The maximum atomic E-state index is 12.1. The minimum atomic E-state index is -0.214. The summed E-state index contributed by atoms with van der Waals surface area (Å²) in [5, 5.41) is 0. The van der Waals surface area contributed by atoms with E-state index >= 15 is 0 Å². The number of hydrogen-bond acceptors (Lipinski definition) is 2. The number of esters is 1. The molecule has 0 amide bonds. The van der Waals surface area contributed by atoms with Gasteiger partial charge in [-0.25, -0.2) is 0 Å². The molecule has 0 bridgehead atoms. The molecule has 1 aromatic rings. The maximum absolute atomic E-state index is 12.1. The van der Waals surface area contributed by atoms with Gasteiger partial charge in [0.1, 0.15) is 0 Å². The van der Waals surface area contributed by atoms with Gasteiger partial charge >= 0.3 is 5.97 Å². The Kier molecular flexibility index (Phi) is 6.22. The standard InChI is InChI=1S/C20H32O2/c1-13(2)9-17-11-15(5)10-16(6)19(17)20(7,8)12-18(21)22-14(3)4/h10-11,13-14H,9,12H2,1-8H3. The lowest BCUT2D eigenvalue weighted by molar-refractivity contribution is -0.148. The molecule has 22 heavy (non-hydrogen) atoms. The quantitative estimate of drug-likeness (QED) is 0.682. The summed E-state index contributed by atoms with van der Waals surface area (Å²) >= 11 is 0. The number of rotatable bonds is 6. The van der Waals surface area contributed by atoms with E-state index in [1.54, 1.807) is 0 Å². The molecule has 0 fully saturated rings. The number of ether oxygens (including phenoxy) is 1. The molecule has 1 aromatic carbocycles. The maximum Gasteiger partial charge on any atom is 0.306 e. The van der Waals surface area contributed by atoms with Crippen LogP contribution in [0.2, 0.25) is 0 Å². The van der Waals surface area contributed by atoms with Crippen LogP contribution in [0.15, 0.2) is 12.1 Å². The van der Waals surface area contributed by atoms with Crippen molar-refractivity contribution in [2.24, 2.45) is 5.92 Å². The molecule has 1 rings (SSSR count). The molecule has 2 nitrogen and oxygen atoms in total. The largest absolute Gasteiger partial charge is 0.463 e. The summed E-state index contributed by atoms with van der Waals surface area (Å²) in [7, 11) is 0. The van der Waals surface area contributed by atoms with E-state index in [0.29, 0.717) is 12.3 Å². The van der Waals surface area contributed by atoms with Crippen LogP contribution in [-0.2, 0) is 21.4 Å². The highest BCUT2D eigenvalue weighted by Crippen LogP contribution is 2.35. The average molecular weight is 304 g/mol. The van der Waals surface area contributed by atoms with Crippen LogP contribution in [-0.4, -0.2) is 12.1 Å². The molecule has 0 spiro atoms. The van der Waals surface area contributed by atoms with E-state index in [-0.39, 0.29) is 17.5 Å². The van der Waals surface area contributed by atoms with E-state index in [1.807, 2.05) is 13.8 Å². The van der Waals surface area contributed by atoms with E-state index in [1.165, 1.54) is 22.3 Å². The van der Waals surface area contributed by atoms with E-state index in [9.17, 15) is 4.79 Å². The molecule has 0 aliphatic heterocycles. The van der Waals surface area contributed by atoms with Crippen molar-refractivity contribution in [2.75, 3.05) is 0 Å². The fourth-order valence-electron chi connectivity index (χ4n) is 3.38. The van der Waals surface area contributed by atoms with Crippen molar-refractivity contribution in [2.45, 2.75) is 79.8 Å². The van der Waals surface area contributed by atoms with E-state index in [0.717, 1.165) is 6.42 Å². The fraction of sp³-hybridized carbons (Fsp3) is 0.650. The van der Waals surface area contributed by atoms with Crippen LogP contribution in [0.5, 0.6) is 0 Å². The van der Waals surface area contributed by atoms with Gasteiger partial charge in [-0.1, -0.05) is 45.4 Å². The van der Waals surface area contributed by atoms with Gasteiger partial charge in [0, 0.05) is 5.41 Å². The molecule has 0 aliphatic carbocycles. The van der Waals surface area contributed by atoms with Crippen molar-refractivity contribution in [3.8, 4) is 0 Å². The first-order valence-electron chi connectivity index (χ1n) is 8.33. The molecule has 0 unspecified atom stereocenters. The Morgan fingerprint density at radius 1 is 1.14 bits per heavy atom. The summed E-state index contributed by atoms with van der Waals surface area (Å²) in [6.45, 7) is 16.9. The first-order valence-corrected chi connectivity index (χ1v) is 8.33. The molecule has 0 aromatic heterocycles. The lowest BCUT2D eigenvalue weighted by Crippen LogP contribution is -2.27.